The number of aliphatic carboxylic acids is 2. The van der Waals surface area contributed by atoms with Gasteiger partial charge in [0.05, 0.1) is 49.3 Å². The second-order valence-corrected chi connectivity index (χ2v) is 33.0. The number of carbonyl (C=O) groups excluding carboxylic acids is 3. The predicted octanol–water partition coefficient (Wildman–Crippen LogP) is 2.85. The number of methoxy groups -OCH3 is 2. The Morgan fingerprint density at radius 3 is 1.03 bits per heavy atom. The Balaban J connectivity index is 0.000000218. The average molecular weight is 1680 g/mol. The Bertz CT molecular complexity index is 4920. The van der Waals surface area contributed by atoms with Gasteiger partial charge in [0.25, 0.3) is 5.97 Å². The van der Waals surface area contributed by atoms with Crippen LogP contribution in [-0.2, 0) is 44.6 Å². The summed E-state index contributed by atoms with van der Waals surface area (Å²) in [7, 11) is 0.967. The van der Waals surface area contributed by atoms with Gasteiger partial charge in [0, 0.05) is 109 Å². The molecule has 8 aromatic heterocycles. The van der Waals surface area contributed by atoms with Gasteiger partial charge in [-0.3, -0.25) is 24.0 Å². The Hall–Kier alpha value is -10.3. The van der Waals surface area contributed by atoms with E-state index in [0.29, 0.717) is 138 Å². The number of ketones is 1. The quantitative estimate of drug-likeness (QED) is 0.0418. The van der Waals surface area contributed by atoms with E-state index in [-0.39, 0.29) is 92.8 Å². The van der Waals surface area contributed by atoms with E-state index in [1.54, 1.807) is 70.4 Å². The molecule has 0 radical (unpaired) electrons. The van der Waals surface area contributed by atoms with Gasteiger partial charge in [-0.25, -0.2) is 59.8 Å². The van der Waals surface area contributed by atoms with E-state index in [0.717, 1.165) is 79.5 Å². The first-order valence-corrected chi connectivity index (χ1v) is 41.0. The molecule has 5 saturated heterocycles. The van der Waals surface area contributed by atoms with E-state index in [1.165, 1.54) is 27.1 Å². The number of para-hydroxylation sites is 3. The van der Waals surface area contributed by atoms with Crippen LogP contribution in [0.4, 0.5) is 34.5 Å². The monoisotopic (exact) mass is 1670 g/mol. The second kappa shape index (κ2) is 44.9. The van der Waals surface area contributed by atoms with Crippen LogP contribution in [0.15, 0.2) is 72.8 Å². The molecule has 0 amide bonds. The minimum Gasteiger partial charge on any atom is -0.859 e. The molecule has 13 heterocycles. The van der Waals surface area contributed by atoms with Crippen LogP contribution in [0, 0.1) is 107 Å². The number of ether oxygens (including phenoxy) is 3. The maximum atomic E-state index is 12.6. The molecule has 0 spiro atoms. The summed E-state index contributed by atoms with van der Waals surface area (Å²) in [6, 6.07) is 22.0. The van der Waals surface area contributed by atoms with E-state index in [2.05, 4.69) is 95.2 Å². The molecule has 622 valence electrons. The number of carbonyl (C=O) groups is 5. The summed E-state index contributed by atoms with van der Waals surface area (Å²) >= 11 is 5.85. The fourth-order valence-corrected chi connectivity index (χ4v) is 11.6. The number of aromatic nitrogens is 20. The first-order valence-electron chi connectivity index (χ1n) is 37.2. The first-order chi connectivity index (χ1) is 54.7. The van der Waals surface area contributed by atoms with Crippen molar-refractivity contribution in [3.63, 3.8) is 0 Å². The molecule has 0 aliphatic carbocycles. The van der Waals surface area contributed by atoms with Gasteiger partial charge >= 0.3 is 69.3 Å². The van der Waals surface area contributed by atoms with E-state index < -0.39 is 20.3 Å². The Morgan fingerprint density at radius 2 is 0.769 bits per heavy atom. The number of nitrogens with one attached hydrogen (secondary N) is 1. The molecule has 5 fully saturated rings. The number of hydrogen-bond acceptors (Lipinski definition) is 32. The van der Waals surface area contributed by atoms with Crippen LogP contribution < -0.4 is 93.4 Å². The van der Waals surface area contributed by atoms with Crippen molar-refractivity contribution in [2.45, 2.75) is 129 Å². The Morgan fingerprint density at radius 1 is 0.470 bits per heavy atom. The van der Waals surface area contributed by atoms with Crippen LogP contribution in [0.2, 0.25) is 24.8 Å². The van der Waals surface area contributed by atoms with Crippen LogP contribution in [0.3, 0.4) is 0 Å². The van der Waals surface area contributed by atoms with Crippen molar-refractivity contribution in [2.75, 3.05) is 112 Å². The van der Waals surface area contributed by atoms with Crippen molar-refractivity contribution in [2.24, 2.45) is 23.7 Å². The number of anilines is 6. The zero-order chi connectivity index (χ0) is 85.4. The number of nitrogen functional groups attached to an aromatic ring is 3. The third kappa shape index (κ3) is 30.0. The summed E-state index contributed by atoms with van der Waals surface area (Å²) in [5.41, 5.74) is 19.6. The van der Waals surface area contributed by atoms with Gasteiger partial charge in [0.2, 0.25) is 0 Å². The van der Waals surface area contributed by atoms with Crippen LogP contribution in [0.5, 0.6) is 0 Å². The predicted molar refractivity (Wildman–Crippen MR) is 436 cm³/mol. The number of carboxylic acids is 2. The standard InChI is InChI=1S/C20H23N7O.C14H18N6O2.C13H16N6O2.C9H10ClN5.C6H8N2.C5H9NO2.C4H8O.C3H9OSi.C2H4O2.K/c1-12-23-19(9-20(24-12)27-14(3)22-13(2)25-27)26-10-16(11-26)18(28)8-15-6-4-5-7-17(15)21;1-8-16-12(19-6-11(7-19)14(21)22-4)5-13(17-8)20-10(3)15-9(2)18-20;1-7-15-11(18-5-10(6-18)13(20)21)4-12(16-7)19-9(3)14-8(2)17-19;1-5-12-8(10)4-9(13-5)15-7(3)11-6(2)14-15;7-5-3-1-2-4-6(5)8;1-8-5(7)4-2-6-3-4;1-2-4-5-3-1;1-5(2,3)4;1-2(3)4;/h4-7,9,16H,8,10-11,21H2,1-3H3;5,11H,6-7H2,1-4H3;4,10H,5-6H2,1-3H3,(H,20,21);4H,1-3H3;1-4H,7-8H2;4,6H,2-3H2,1H3;1-4H2;1-3H3;1H3,(H,3,4);/q;;;;;;;-1;;+1. The summed E-state index contributed by atoms with van der Waals surface area (Å²) in [5.74, 6) is 11.5. The van der Waals surface area contributed by atoms with Crippen molar-refractivity contribution >= 4 is 84.1 Å². The largest absolute Gasteiger partial charge is 1.00 e. The molecule has 9 N–H and O–H groups in total. The molecule has 117 heavy (non-hydrogen) atoms. The third-order valence-electron chi connectivity index (χ3n) is 17.1. The normalized spacial score (nSPS) is 14.0. The average Bonchev–Trinajstić information content (AvgIpc) is 1.76. The number of esters is 2. The molecule has 0 atom stereocenters. The van der Waals surface area contributed by atoms with Gasteiger partial charge in [-0.1, -0.05) is 69.9 Å². The summed E-state index contributed by atoms with van der Waals surface area (Å²) in [6.45, 7) is 35.6. The van der Waals surface area contributed by atoms with Gasteiger partial charge in [0.1, 0.15) is 98.3 Å². The molecule has 0 unspecified atom stereocenters. The summed E-state index contributed by atoms with van der Waals surface area (Å²) in [5, 5.41) is 37.0. The molecule has 0 bridgehead atoms. The number of halogens is 1. The van der Waals surface area contributed by atoms with Crippen molar-refractivity contribution in [3.8, 4) is 23.3 Å². The number of hydrogen-bond donors (Lipinski definition) is 6. The minimum atomic E-state index is -1.86. The summed E-state index contributed by atoms with van der Waals surface area (Å²) < 4.78 is 20.9. The van der Waals surface area contributed by atoms with Crippen LogP contribution in [-0.4, -0.2) is 227 Å². The maximum absolute atomic E-state index is 12.6. The fourth-order valence-electron chi connectivity index (χ4n) is 11.3. The number of carboxylic acid groups (broad SMARTS) is 2. The molecule has 5 aliphatic heterocycles. The van der Waals surface area contributed by atoms with E-state index >= 15 is 0 Å². The first kappa shape index (κ1) is 95.5. The number of nitrogens with zero attached hydrogens (tertiary/aromatic N) is 23. The van der Waals surface area contributed by atoms with Gasteiger partial charge in [-0.15, -0.1) is 20.4 Å². The maximum Gasteiger partial charge on any atom is 1.00 e. The smallest absolute Gasteiger partial charge is 0.859 e. The van der Waals surface area contributed by atoms with Gasteiger partial charge in [-0.05, 0) is 120 Å². The number of aryl methyl sites for hydroxylation is 12. The Labute approximate surface area is 728 Å². The number of nitrogens with two attached hydrogens (primary N) is 3. The molecular weight excluding hydrogens is 1570 g/mol. The molecule has 10 aromatic rings. The molecule has 15 rings (SSSR count). The van der Waals surface area contributed by atoms with Crippen molar-refractivity contribution in [3.05, 3.63) is 153 Å². The van der Waals surface area contributed by atoms with Crippen LogP contribution in [0.1, 0.15) is 95.2 Å². The second-order valence-electron chi connectivity index (χ2n) is 28.4. The number of Topliss-reactive ketones (excluding diaryl/α,β-unsaturated/α-hetero) is 1. The van der Waals surface area contributed by atoms with Crippen LogP contribution >= 0.6 is 11.6 Å². The topological polar surface area (TPSA) is 502 Å². The molecule has 0 saturated carbocycles. The summed E-state index contributed by atoms with van der Waals surface area (Å²) in [6.07, 6.45) is 2.93. The molecule has 2 aromatic carbocycles. The zero-order valence-electron chi connectivity index (χ0n) is 69.9. The van der Waals surface area contributed by atoms with E-state index in [1.807, 2.05) is 134 Å². The van der Waals surface area contributed by atoms with Crippen molar-refractivity contribution < 1.29 is 105 Å². The fraction of sp³-hybridized carbons (Fsp3) is 0.461. The van der Waals surface area contributed by atoms with Gasteiger partial charge < -0.3 is 66.4 Å². The number of benzene rings is 2. The van der Waals surface area contributed by atoms with Crippen molar-refractivity contribution in [1.29, 1.82) is 0 Å². The molecule has 38 nitrogen and oxygen atoms in total. The van der Waals surface area contributed by atoms with E-state index in [4.69, 9.17) is 53.3 Å². The minimum absolute atomic E-state index is 0. The third-order valence-corrected chi connectivity index (χ3v) is 17.3. The van der Waals surface area contributed by atoms with Gasteiger partial charge in [-0.2, -0.15) is 18.7 Å². The summed E-state index contributed by atoms with van der Waals surface area (Å²) in [4.78, 5) is 123. The SMILES string of the molecule is C1CCOC1.CC(=O)O.COC(=O)C1CN(c2cc(-n3nc(C)nc3C)nc(C)n2)C1.COC(=O)C1CNC1.C[Si](C)(C)[O-].Cc1nc(Cl)cc(-n2nc(C)nc2C)n1.Cc1nc(N2CC(C(=O)Cc3ccccc3N)C2)cc(-n2nc(C)nc2C)n1.Cc1nc(N2CC(C(=O)O)C2)cc(-n2nc(C)nc2C)n1.Nc1ccccc1N.[K+]. The zero-order valence-corrected chi connectivity index (χ0v) is 74.8. The van der Waals surface area contributed by atoms with Gasteiger partial charge in [0.15, 0.2) is 23.3 Å². The molecular formula is C76H105ClKN27O11Si. The van der Waals surface area contributed by atoms with Crippen LogP contribution in [0.25, 0.3) is 23.3 Å². The van der Waals surface area contributed by atoms with Crippen molar-refractivity contribution in [1.82, 2.24) is 104 Å². The molecule has 41 heteroatoms. The number of rotatable bonds is 13. The Kier molecular flexibility index (Phi) is 36.6. The molecule has 5 aliphatic rings. The van der Waals surface area contributed by atoms with E-state index in [9.17, 15) is 24.0 Å².